The van der Waals surface area contributed by atoms with Crippen LogP contribution >= 0.6 is 0 Å². The number of carbonyl (C=O) groups is 1. The molecule has 1 aromatic heterocycles. The Morgan fingerprint density at radius 2 is 2.26 bits per heavy atom. The van der Waals surface area contributed by atoms with Gasteiger partial charge in [-0.1, -0.05) is 13.0 Å². The van der Waals surface area contributed by atoms with E-state index in [1.807, 2.05) is 12.3 Å². The Bertz CT molecular complexity index is 394. The molecule has 2 rings (SSSR count). The predicted molar refractivity (Wildman–Crippen MR) is 76.3 cm³/mol. The number of pyridine rings is 1. The molecule has 19 heavy (non-hydrogen) atoms. The zero-order valence-electron chi connectivity index (χ0n) is 11.7. The molecule has 0 bridgehead atoms. The smallest absolute Gasteiger partial charge is 0.152 e. The average molecular weight is 261 g/mol. The van der Waals surface area contributed by atoms with Crippen LogP contribution in [0.4, 0.5) is 0 Å². The van der Waals surface area contributed by atoms with Crippen molar-refractivity contribution in [2.75, 3.05) is 32.7 Å². The first kappa shape index (κ1) is 14.2. The summed E-state index contributed by atoms with van der Waals surface area (Å²) >= 11 is 0. The van der Waals surface area contributed by atoms with Crippen LogP contribution in [-0.4, -0.2) is 48.4 Å². The number of hydrogen-bond donors (Lipinski definition) is 1. The number of carbonyl (C=O) groups excluding carboxylic acids is 1. The molecule has 1 aliphatic heterocycles. The molecule has 4 heteroatoms. The Kier molecular flexibility index (Phi) is 5.48. The van der Waals surface area contributed by atoms with Crippen molar-refractivity contribution in [3.63, 3.8) is 0 Å². The fraction of sp³-hybridized carbons (Fsp3) is 0.600. The van der Waals surface area contributed by atoms with Gasteiger partial charge in [-0.25, -0.2) is 0 Å². The molecule has 0 atom stereocenters. The van der Waals surface area contributed by atoms with Crippen LogP contribution in [-0.2, 0) is 17.6 Å². The van der Waals surface area contributed by atoms with E-state index in [1.54, 1.807) is 0 Å². The van der Waals surface area contributed by atoms with Crippen molar-refractivity contribution in [2.24, 2.45) is 0 Å². The van der Waals surface area contributed by atoms with Gasteiger partial charge in [0.15, 0.2) is 5.78 Å². The average Bonchev–Trinajstić information content (AvgIpc) is 2.68. The van der Waals surface area contributed by atoms with Crippen LogP contribution in [0.3, 0.4) is 0 Å². The van der Waals surface area contributed by atoms with Crippen molar-refractivity contribution in [1.82, 2.24) is 15.2 Å². The van der Waals surface area contributed by atoms with Crippen molar-refractivity contribution >= 4 is 5.78 Å². The van der Waals surface area contributed by atoms with E-state index in [9.17, 15) is 4.79 Å². The van der Waals surface area contributed by atoms with Gasteiger partial charge in [-0.15, -0.1) is 0 Å². The van der Waals surface area contributed by atoms with Gasteiger partial charge in [0.25, 0.3) is 0 Å². The van der Waals surface area contributed by atoms with E-state index in [0.717, 1.165) is 44.7 Å². The molecule has 1 fully saturated rings. The molecule has 0 aliphatic carbocycles. The standard InChI is InChI=1S/C15H23N3O/c1-2-13-4-5-14(17-11-13)10-15(19)12-18-8-3-6-16-7-9-18/h4-5,11,16H,2-3,6-10,12H2,1H3. The second-order valence-corrected chi connectivity index (χ2v) is 5.11. The van der Waals surface area contributed by atoms with Crippen LogP contribution in [0.5, 0.6) is 0 Å². The predicted octanol–water partition coefficient (Wildman–Crippen LogP) is 1.05. The lowest BCUT2D eigenvalue weighted by atomic mass is 10.1. The van der Waals surface area contributed by atoms with Crippen molar-refractivity contribution in [1.29, 1.82) is 0 Å². The van der Waals surface area contributed by atoms with Crippen LogP contribution < -0.4 is 5.32 Å². The Hall–Kier alpha value is -1.26. The fourth-order valence-corrected chi connectivity index (χ4v) is 2.34. The Labute approximate surface area is 115 Å². The summed E-state index contributed by atoms with van der Waals surface area (Å²) in [6, 6.07) is 4.03. The van der Waals surface area contributed by atoms with Crippen LogP contribution in [0.25, 0.3) is 0 Å². The number of hydrogen-bond acceptors (Lipinski definition) is 4. The third-order valence-corrected chi connectivity index (χ3v) is 3.51. The number of aromatic nitrogens is 1. The van der Waals surface area contributed by atoms with Crippen molar-refractivity contribution in [3.05, 3.63) is 29.6 Å². The second-order valence-electron chi connectivity index (χ2n) is 5.11. The minimum absolute atomic E-state index is 0.263. The van der Waals surface area contributed by atoms with E-state index < -0.39 is 0 Å². The zero-order chi connectivity index (χ0) is 13.5. The molecule has 1 aromatic rings. The van der Waals surface area contributed by atoms with Gasteiger partial charge in [0, 0.05) is 25.0 Å². The van der Waals surface area contributed by atoms with Crippen molar-refractivity contribution in [2.45, 2.75) is 26.2 Å². The molecule has 1 saturated heterocycles. The minimum atomic E-state index is 0.263. The third kappa shape index (κ3) is 4.73. The molecule has 0 spiro atoms. The van der Waals surface area contributed by atoms with Gasteiger partial charge in [-0.3, -0.25) is 14.7 Å². The van der Waals surface area contributed by atoms with Gasteiger partial charge in [-0.05, 0) is 37.6 Å². The number of Topliss-reactive ketones (excluding diaryl/α,β-unsaturated/α-hetero) is 1. The van der Waals surface area contributed by atoms with Crippen LogP contribution in [0.1, 0.15) is 24.6 Å². The van der Waals surface area contributed by atoms with E-state index in [-0.39, 0.29) is 5.78 Å². The maximum absolute atomic E-state index is 12.0. The molecular weight excluding hydrogens is 238 g/mol. The number of aryl methyl sites for hydroxylation is 1. The molecule has 1 N–H and O–H groups in total. The van der Waals surface area contributed by atoms with E-state index in [4.69, 9.17) is 0 Å². The van der Waals surface area contributed by atoms with Crippen LogP contribution in [0, 0.1) is 0 Å². The molecule has 0 saturated carbocycles. The van der Waals surface area contributed by atoms with Gasteiger partial charge in [0.05, 0.1) is 13.0 Å². The quantitative estimate of drug-likeness (QED) is 0.860. The topological polar surface area (TPSA) is 45.2 Å². The summed E-state index contributed by atoms with van der Waals surface area (Å²) in [6.45, 7) is 6.68. The maximum Gasteiger partial charge on any atom is 0.152 e. The number of nitrogens with one attached hydrogen (secondary N) is 1. The van der Waals surface area contributed by atoms with Crippen LogP contribution in [0.15, 0.2) is 18.3 Å². The van der Waals surface area contributed by atoms with E-state index in [0.29, 0.717) is 13.0 Å². The highest BCUT2D eigenvalue weighted by molar-refractivity contribution is 5.82. The molecule has 0 aromatic carbocycles. The Balaban J connectivity index is 1.82. The zero-order valence-corrected chi connectivity index (χ0v) is 11.7. The summed E-state index contributed by atoms with van der Waals surface area (Å²) in [5.41, 5.74) is 2.10. The monoisotopic (exact) mass is 261 g/mol. The van der Waals surface area contributed by atoms with Crippen molar-refractivity contribution < 1.29 is 4.79 Å². The van der Waals surface area contributed by atoms with Crippen molar-refractivity contribution in [3.8, 4) is 0 Å². The fourth-order valence-electron chi connectivity index (χ4n) is 2.34. The van der Waals surface area contributed by atoms with Gasteiger partial charge >= 0.3 is 0 Å². The highest BCUT2D eigenvalue weighted by Gasteiger charge is 2.13. The van der Waals surface area contributed by atoms with E-state index in [1.165, 1.54) is 5.56 Å². The molecular formula is C15H23N3O. The summed E-state index contributed by atoms with van der Waals surface area (Å²) in [5, 5.41) is 3.35. The summed E-state index contributed by atoms with van der Waals surface area (Å²) in [6.07, 6.45) is 4.44. The molecule has 0 amide bonds. The number of rotatable bonds is 5. The van der Waals surface area contributed by atoms with Gasteiger partial charge < -0.3 is 5.32 Å². The number of ketones is 1. The highest BCUT2D eigenvalue weighted by Crippen LogP contribution is 2.03. The maximum atomic E-state index is 12.0. The lowest BCUT2D eigenvalue weighted by molar-refractivity contribution is -0.119. The Morgan fingerprint density at radius 3 is 3.00 bits per heavy atom. The first-order chi connectivity index (χ1) is 9.28. The van der Waals surface area contributed by atoms with E-state index in [2.05, 4.69) is 28.2 Å². The molecule has 1 aliphatic rings. The van der Waals surface area contributed by atoms with Gasteiger partial charge in [-0.2, -0.15) is 0 Å². The molecule has 0 unspecified atom stereocenters. The molecule has 2 heterocycles. The summed E-state index contributed by atoms with van der Waals surface area (Å²) < 4.78 is 0. The number of nitrogens with zero attached hydrogens (tertiary/aromatic N) is 2. The third-order valence-electron chi connectivity index (χ3n) is 3.51. The first-order valence-electron chi connectivity index (χ1n) is 7.16. The highest BCUT2D eigenvalue weighted by atomic mass is 16.1. The van der Waals surface area contributed by atoms with E-state index >= 15 is 0 Å². The van der Waals surface area contributed by atoms with Gasteiger partial charge in [0.2, 0.25) is 0 Å². The first-order valence-corrected chi connectivity index (χ1v) is 7.16. The van der Waals surface area contributed by atoms with Gasteiger partial charge in [0.1, 0.15) is 0 Å². The molecule has 4 nitrogen and oxygen atoms in total. The lowest BCUT2D eigenvalue weighted by Crippen LogP contribution is -2.33. The second kappa shape index (κ2) is 7.36. The summed E-state index contributed by atoms with van der Waals surface area (Å²) in [5.74, 6) is 0.263. The summed E-state index contributed by atoms with van der Waals surface area (Å²) in [7, 11) is 0. The largest absolute Gasteiger partial charge is 0.315 e. The van der Waals surface area contributed by atoms with Crippen LogP contribution in [0.2, 0.25) is 0 Å². The SMILES string of the molecule is CCc1ccc(CC(=O)CN2CCCNCC2)nc1. The normalized spacial score (nSPS) is 17.1. The lowest BCUT2D eigenvalue weighted by Gasteiger charge is -2.18. The Morgan fingerprint density at radius 1 is 1.37 bits per heavy atom. The molecule has 104 valence electrons. The minimum Gasteiger partial charge on any atom is -0.315 e. The molecule has 0 radical (unpaired) electrons. The summed E-state index contributed by atoms with van der Waals surface area (Å²) in [4.78, 5) is 18.6.